The van der Waals surface area contributed by atoms with E-state index in [1.54, 1.807) is 0 Å². The van der Waals surface area contributed by atoms with Gasteiger partial charge in [0.1, 0.15) is 11.9 Å². The zero-order chi connectivity index (χ0) is 13.1. The van der Waals surface area contributed by atoms with Gasteiger partial charge in [-0.1, -0.05) is 6.92 Å². The molecule has 1 amide bonds. The first-order chi connectivity index (χ1) is 7.81. The van der Waals surface area contributed by atoms with Crippen LogP contribution in [0.1, 0.15) is 47.0 Å². The fourth-order valence-electron chi connectivity index (χ4n) is 2.23. The lowest BCUT2D eigenvalue weighted by atomic mass is 9.80. The first kappa shape index (κ1) is 14.0. The van der Waals surface area contributed by atoms with Gasteiger partial charge < -0.3 is 14.8 Å². The molecule has 1 fully saturated rings. The molecular weight excluding hydrogens is 218 g/mol. The highest BCUT2D eigenvalue weighted by atomic mass is 16.6. The maximum absolute atomic E-state index is 11.6. The summed E-state index contributed by atoms with van der Waals surface area (Å²) in [7, 11) is 0. The van der Waals surface area contributed by atoms with Crippen molar-refractivity contribution in [3.8, 4) is 0 Å². The topological polar surface area (TPSA) is 55.4 Å². The van der Waals surface area contributed by atoms with E-state index in [1.807, 2.05) is 20.8 Å². The Kier molecular flexibility index (Phi) is 4.54. The van der Waals surface area contributed by atoms with Gasteiger partial charge >= 0.3 is 6.09 Å². The number of carbonyl (C=O) groups excluding carboxylic acids is 2. The molecule has 0 aliphatic heterocycles. The molecule has 0 spiro atoms. The van der Waals surface area contributed by atoms with E-state index in [-0.39, 0.29) is 18.1 Å². The summed E-state index contributed by atoms with van der Waals surface area (Å²) in [6.45, 7) is 7.61. The summed E-state index contributed by atoms with van der Waals surface area (Å²) in [4.78, 5) is 22.3. The Hall–Kier alpha value is -1.06. The van der Waals surface area contributed by atoms with Crippen molar-refractivity contribution in [3.63, 3.8) is 0 Å². The van der Waals surface area contributed by atoms with Crippen LogP contribution in [-0.4, -0.2) is 24.0 Å². The normalized spacial score (nSPS) is 29.5. The molecule has 98 valence electrons. The summed E-state index contributed by atoms with van der Waals surface area (Å²) in [6.07, 6.45) is 3.22. The second-order valence-electron chi connectivity index (χ2n) is 5.94. The molecule has 0 radical (unpaired) electrons. The first-order valence-corrected chi connectivity index (χ1v) is 6.26. The van der Waals surface area contributed by atoms with Crippen LogP contribution in [0.5, 0.6) is 0 Å². The molecule has 3 atom stereocenters. The average Bonchev–Trinajstić information content (AvgIpc) is 2.18. The highest BCUT2D eigenvalue weighted by Gasteiger charge is 2.29. The molecule has 4 nitrogen and oxygen atoms in total. The predicted molar refractivity (Wildman–Crippen MR) is 65.7 cm³/mol. The van der Waals surface area contributed by atoms with Crippen molar-refractivity contribution >= 4 is 12.4 Å². The highest BCUT2D eigenvalue weighted by Crippen LogP contribution is 2.28. The number of hydrogen-bond acceptors (Lipinski definition) is 3. The minimum absolute atomic E-state index is 0.126. The van der Waals surface area contributed by atoms with Gasteiger partial charge in [-0.3, -0.25) is 0 Å². The first-order valence-electron chi connectivity index (χ1n) is 6.26. The Labute approximate surface area is 103 Å². The zero-order valence-electron chi connectivity index (χ0n) is 11.2. The van der Waals surface area contributed by atoms with E-state index < -0.39 is 5.60 Å². The lowest BCUT2D eigenvalue weighted by Crippen LogP contribution is -2.45. The summed E-state index contributed by atoms with van der Waals surface area (Å²) in [5.41, 5.74) is -0.465. The molecule has 0 aromatic heterocycles. The number of alkyl carbamates (subject to hydrolysis) is 1. The Morgan fingerprint density at radius 2 is 2.00 bits per heavy atom. The van der Waals surface area contributed by atoms with E-state index in [2.05, 4.69) is 12.2 Å². The van der Waals surface area contributed by atoms with Crippen molar-refractivity contribution in [1.29, 1.82) is 0 Å². The number of hydrogen-bond donors (Lipinski definition) is 1. The zero-order valence-corrected chi connectivity index (χ0v) is 11.2. The fourth-order valence-corrected chi connectivity index (χ4v) is 2.23. The van der Waals surface area contributed by atoms with Gasteiger partial charge in [0, 0.05) is 12.0 Å². The van der Waals surface area contributed by atoms with Crippen molar-refractivity contribution in [2.24, 2.45) is 11.8 Å². The van der Waals surface area contributed by atoms with Crippen LogP contribution in [0, 0.1) is 11.8 Å². The van der Waals surface area contributed by atoms with E-state index in [1.165, 1.54) is 0 Å². The van der Waals surface area contributed by atoms with E-state index in [0.717, 1.165) is 25.5 Å². The molecule has 1 rings (SSSR count). The Morgan fingerprint density at radius 3 is 2.47 bits per heavy atom. The van der Waals surface area contributed by atoms with E-state index in [4.69, 9.17) is 4.74 Å². The summed E-state index contributed by atoms with van der Waals surface area (Å²) in [5.74, 6) is 0.480. The summed E-state index contributed by atoms with van der Waals surface area (Å²) < 4.78 is 5.22. The standard InChI is InChI=1S/C13H23NO3/c1-9-7-10(8-15)5-6-11(9)14-12(16)17-13(2,3)4/h8-11H,5-7H2,1-4H3,(H,14,16). The van der Waals surface area contributed by atoms with Gasteiger partial charge in [-0.15, -0.1) is 0 Å². The highest BCUT2D eigenvalue weighted by molar-refractivity contribution is 5.68. The number of nitrogens with one attached hydrogen (secondary N) is 1. The van der Waals surface area contributed by atoms with Crippen LogP contribution in [0.15, 0.2) is 0 Å². The molecule has 1 N–H and O–H groups in total. The number of aldehydes is 1. The molecule has 1 aliphatic rings. The van der Waals surface area contributed by atoms with Gasteiger partial charge in [-0.05, 0) is 46.0 Å². The van der Waals surface area contributed by atoms with Gasteiger partial charge in [-0.2, -0.15) is 0 Å². The van der Waals surface area contributed by atoms with Crippen LogP contribution < -0.4 is 5.32 Å². The third kappa shape index (κ3) is 4.75. The molecule has 3 unspecified atom stereocenters. The predicted octanol–water partition coefficient (Wildman–Crippen LogP) is 2.51. The average molecular weight is 241 g/mol. The van der Waals surface area contributed by atoms with Crippen molar-refractivity contribution in [2.45, 2.75) is 58.6 Å². The quantitative estimate of drug-likeness (QED) is 0.756. The maximum atomic E-state index is 11.6. The molecule has 0 bridgehead atoms. The van der Waals surface area contributed by atoms with Crippen LogP contribution in [0.4, 0.5) is 4.79 Å². The minimum Gasteiger partial charge on any atom is -0.444 e. The smallest absolute Gasteiger partial charge is 0.407 e. The van der Waals surface area contributed by atoms with Crippen molar-refractivity contribution in [2.75, 3.05) is 0 Å². The Bertz CT molecular complexity index is 283. The number of carbonyl (C=O) groups is 2. The molecule has 4 heteroatoms. The number of rotatable bonds is 2. The molecule has 0 heterocycles. The van der Waals surface area contributed by atoms with Gasteiger partial charge in [0.05, 0.1) is 0 Å². The molecule has 1 saturated carbocycles. The second-order valence-corrected chi connectivity index (χ2v) is 5.94. The molecular formula is C13H23NO3. The van der Waals surface area contributed by atoms with Crippen LogP contribution in [0.2, 0.25) is 0 Å². The van der Waals surface area contributed by atoms with Gasteiger partial charge in [-0.25, -0.2) is 4.79 Å². The molecule has 1 aliphatic carbocycles. The third-order valence-corrected chi connectivity index (χ3v) is 3.10. The fraction of sp³-hybridized carbons (Fsp3) is 0.846. The van der Waals surface area contributed by atoms with Crippen LogP contribution >= 0.6 is 0 Å². The Balaban J connectivity index is 2.42. The molecule has 0 aromatic carbocycles. The summed E-state index contributed by atoms with van der Waals surface area (Å²) >= 11 is 0. The Morgan fingerprint density at radius 1 is 1.35 bits per heavy atom. The second kappa shape index (κ2) is 5.52. The van der Waals surface area contributed by atoms with Crippen LogP contribution in [0.25, 0.3) is 0 Å². The molecule has 0 saturated heterocycles. The summed E-state index contributed by atoms with van der Waals surface area (Å²) in [5, 5.41) is 2.89. The lowest BCUT2D eigenvalue weighted by Gasteiger charge is -2.33. The van der Waals surface area contributed by atoms with Crippen LogP contribution in [0.3, 0.4) is 0 Å². The monoisotopic (exact) mass is 241 g/mol. The van der Waals surface area contributed by atoms with Crippen molar-refractivity contribution < 1.29 is 14.3 Å². The van der Waals surface area contributed by atoms with Gasteiger partial charge in [0.2, 0.25) is 0 Å². The van der Waals surface area contributed by atoms with Gasteiger partial charge in [0.25, 0.3) is 0 Å². The van der Waals surface area contributed by atoms with Gasteiger partial charge in [0.15, 0.2) is 0 Å². The molecule has 17 heavy (non-hydrogen) atoms. The number of amides is 1. The lowest BCUT2D eigenvalue weighted by molar-refractivity contribution is -0.112. The largest absolute Gasteiger partial charge is 0.444 e. The summed E-state index contributed by atoms with van der Waals surface area (Å²) in [6, 6.07) is 0.126. The van der Waals surface area contributed by atoms with Crippen molar-refractivity contribution in [1.82, 2.24) is 5.32 Å². The van der Waals surface area contributed by atoms with Crippen LogP contribution in [-0.2, 0) is 9.53 Å². The van der Waals surface area contributed by atoms with Crippen molar-refractivity contribution in [3.05, 3.63) is 0 Å². The number of ether oxygens (including phenoxy) is 1. The SMILES string of the molecule is CC1CC(C=O)CCC1NC(=O)OC(C)(C)C. The van der Waals surface area contributed by atoms with E-state index >= 15 is 0 Å². The molecule has 0 aromatic rings. The van der Waals surface area contributed by atoms with E-state index in [9.17, 15) is 9.59 Å². The maximum Gasteiger partial charge on any atom is 0.407 e. The van der Waals surface area contributed by atoms with E-state index in [0.29, 0.717) is 5.92 Å². The third-order valence-electron chi connectivity index (χ3n) is 3.10. The minimum atomic E-state index is -0.465.